The maximum absolute atomic E-state index is 13.0. The highest BCUT2D eigenvalue weighted by Crippen LogP contribution is 2.20. The van der Waals surface area contributed by atoms with E-state index < -0.39 is 11.6 Å². The summed E-state index contributed by atoms with van der Waals surface area (Å²) in [6, 6.07) is 3.63. The molecule has 0 atom stereocenters. The number of phenols is 1. The molecule has 17 heavy (non-hydrogen) atoms. The van der Waals surface area contributed by atoms with Crippen LogP contribution < -0.4 is 10.6 Å². The van der Waals surface area contributed by atoms with Crippen LogP contribution in [0.15, 0.2) is 18.2 Å². The van der Waals surface area contributed by atoms with Gasteiger partial charge in [-0.05, 0) is 25.0 Å². The van der Waals surface area contributed by atoms with Gasteiger partial charge in [0.25, 0.3) is 0 Å². The van der Waals surface area contributed by atoms with Gasteiger partial charge < -0.3 is 15.7 Å². The first-order chi connectivity index (χ1) is 8.15. The molecule has 0 aromatic heterocycles. The third-order valence-electron chi connectivity index (χ3n) is 2.90. The van der Waals surface area contributed by atoms with E-state index in [1.807, 2.05) is 0 Å². The SMILES string of the molecule is O=C(Nc1ccc(O)c(F)c1)NC1CCCC1. The Bertz CT molecular complexity index is 417. The molecule has 1 aliphatic rings. The fourth-order valence-corrected chi connectivity index (χ4v) is 2.01. The highest BCUT2D eigenvalue weighted by molar-refractivity contribution is 5.89. The zero-order chi connectivity index (χ0) is 12.3. The van der Waals surface area contributed by atoms with E-state index in [1.165, 1.54) is 12.1 Å². The molecular formula is C12H15FN2O2. The topological polar surface area (TPSA) is 61.4 Å². The molecule has 1 aromatic carbocycles. The summed E-state index contributed by atoms with van der Waals surface area (Å²) in [6.45, 7) is 0. The molecule has 3 N–H and O–H groups in total. The van der Waals surface area contributed by atoms with Crippen LogP contribution in [0.5, 0.6) is 5.75 Å². The molecule has 0 radical (unpaired) electrons. The van der Waals surface area contributed by atoms with Crippen molar-refractivity contribution in [3.63, 3.8) is 0 Å². The maximum Gasteiger partial charge on any atom is 0.319 e. The molecule has 0 bridgehead atoms. The van der Waals surface area contributed by atoms with E-state index in [0.29, 0.717) is 5.69 Å². The first-order valence-electron chi connectivity index (χ1n) is 5.71. The molecule has 2 amide bonds. The van der Waals surface area contributed by atoms with Gasteiger partial charge in [-0.25, -0.2) is 9.18 Å². The van der Waals surface area contributed by atoms with Gasteiger partial charge in [0, 0.05) is 17.8 Å². The number of urea groups is 1. The molecule has 1 saturated carbocycles. The van der Waals surface area contributed by atoms with Crippen LogP contribution in [0.2, 0.25) is 0 Å². The van der Waals surface area contributed by atoms with E-state index in [9.17, 15) is 9.18 Å². The molecule has 0 heterocycles. The minimum Gasteiger partial charge on any atom is -0.505 e. The number of hydrogen-bond donors (Lipinski definition) is 3. The van der Waals surface area contributed by atoms with E-state index in [4.69, 9.17) is 5.11 Å². The van der Waals surface area contributed by atoms with Crippen molar-refractivity contribution in [1.29, 1.82) is 0 Å². The van der Waals surface area contributed by atoms with Crippen molar-refractivity contribution in [3.8, 4) is 5.75 Å². The van der Waals surface area contributed by atoms with Gasteiger partial charge in [0.05, 0.1) is 0 Å². The van der Waals surface area contributed by atoms with Crippen LogP contribution in [0.1, 0.15) is 25.7 Å². The third-order valence-corrected chi connectivity index (χ3v) is 2.90. The van der Waals surface area contributed by atoms with Crippen LogP contribution in [0.25, 0.3) is 0 Å². The van der Waals surface area contributed by atoms with Crippen molar-refractivity contribution >= 4 is 11.7 Å². The molecule has 0 saturated heterocycles. The monoisotopic (exact) mass is 238 g/mol. The summed E-state index contributed by atoms with van der Waals surface area (Å²) >= 11 is 0. The standard InChI is InChI=1S/C12H15FN2O2/c13-10-7-9(5-6-11(10)16)15-12(17)14-8-3-1-2-4-8/h5-8,16H,1-4H2,(H2,14,15,17). The highest BCUT2D eigenvalue weighted by atomic mass is 19.1. The molecular weight excluding hydrogens is 223 g/mol. The number of phenolic OH excluding ortho intramolecular Hbond substituents is 1. The first-order valence-corrected chi connectivity index (χ1v) is 5.71. The fraction of sp³-hybridized carbons (Fsp3) is 0.417. The predicted molar refractivity (Wildman–Crippen MR) is 62.5 cm³/mol. The number of rotatable bonds is 2. The van der Waals surface area contributed by atoms with Crippen molar-refractivity contribution in [3.05, 3.63) is 24.0 Å². The van der Waals surface area contributed by atoms with Crippen LogP contribution in [0.3, 0.4) is 0 Å². The Morgan fingerprint density at radius 3 is 2.71 bits per heavy atom. The second-order valence-electron chi connectivity index (χ2n) is 4.25. The summed E-state index contributed by atoms with van der Waals surface area (Å²) in [5.74, 6) is -1.17. The van der Waals surface area contributed by atoms with Gasteiger partial charge in [-0.15, -0.1) is 0 Å². The molecule has 92 valence electrons. The Kier molecular flexibility index (Phi) is 3.46. The smallest absolute Gasteiger partial charge is 0.319 e. The van der Waals surface area contributed by atoms with Gasteiger partial charge in [0.2, 0.25) is 0 Å². The molecule has 0 spiro atoms. The van der Waals surface area contributed by atoms with Crippen molar-refractivity contribution in [2.45, 2.75) is 31.7 Å². The summed E-state index contributed by atoms with van der Waals surface area (Å²) in [5.41, 5.74) is 0.329. The molecule has 4 nitrogen and oxygen atoms in total. The molecule has 2 rings (SSSR count). The van der Waals surface area contributed by atoms with Crippen molar-refractivity contribution < 1.29 is 14.3 Å². The van der Waals surface area contributed by atoms with Crippen molar-refractivity contribution in [2.75, 3.05) is 5.32 Å². The van der Waals surface area contributed by atoms with Gasteiger partial charge in [0.1, 0.15) is 0 Å². The maximum atomic E-state index is 13.0. The Morgan fingerprint density at radius 2 is 2.06 bits per heavy atom. The third kappa shape index (κ3) is 3.09. The molecule has 1 aliphatic carbocycles. The minimum atomic E-state index is -0.747. The lowest BCUT2D eigenvalue weighted by Crippen LogP contribution is -2.36. The number of benzene rings is 1. The second-order valence-corrected chi connectivity index (χ2v) is 4.25. The number of hydrogen-bond acceptors (Lipinski definition) is 2. The Hall–Kier alpha value is -1.78. The quantitative estimate of drug-likeness (QED) is 0.693. The molecule has 0 aliphatic heterocycles. The van der Waals surface area contributed by atoms with Crippen LogP contribution in [0.4, 0.5) is 14.9 Å². The van der Waals surface area contributed by atoms with E-state index in [1.54, 1.807) is 0 Å². The minimum absolute atomic E-state index is 0.219. The summed E-state index contributed by atoms with van der Waals surface area (Å²) < 4.78 is 13.0. The number of nitrogens with one attached hydrogen (secondary N) is 2. The van der Waals surface area contributed by atoms with Crippen LogP contribution in [-0.2, 0) is 0 Å². The van der Waals surface area contributed by atoms with Gasteiger partial charge in [0.15, 0.2) is 11.6 Å². The van der Waals surface area contributed by atoms with Gasteiger partial charge in [-0.2, -0.15) is 0 Å². The summed E-state index contributed by atoms with van der Waals surface area (Å²) in [6.07, 6.45) is 4.27. The molecule has 1 aromatic rings. The van der Waals surface area contributed by atoms with Crippen LogP contribution >= 0.6 is 0 Å². The van der Waals surface area contributed by atoms with Gasteiger partial charge in [-0.1, -0.05) is 12.8 Å². The largest absolute Gasteiger partial charge is 0.505 e. The van der Waals surface area contributed by atoms with Crippen LogP contribution in [-0.4, -0.2) is 17.2 Å². The number of aromatic hydroxyl groups is 1. The predicted octanol–water partition coefficient (Wildman–Crippen LogP) is 2.60. The van der Waals surface area contributed by atoms with Crippen molar-refractivity contribution in [2.24, 2.45) is 0 Å². The first kappa shape index (κ1) is 11.7. The highest BCUT2D eigenvalue weighted by Gasteiger charge is 2.17. The normalized spacial score (nSPS) is 15.8. The fourth-order valence-electron chi connectivity index (χ4n) is 2.01. The summed E-state index contributed by atoms with van der Waals surface area (Å²) in [4.78, 5) is 11.6. The Morgan fingerprint density at radius 1 is 1.35 bits per heavy atom. The van der Waals surface area contributed by atoms with Crippen LogP contribution in [0, 0.1) is 5.82 Å². The van der Waals surface area contributed by atoms with Gasteiger partial charge in [-0.3, -0.25) is 0 Å². The lowest BCUT2D eigenvalue weighted by molar-refractivity contribution is 0.248. The summed E-state index contributed by atoms with van der Waals surface area (Å²) in [5, 5.41) is 14.4. The molecule has 1 fully saturated rings. The van der Waals surface area contributed by atoms with E-state index in [-0.39, 0.29) is 12.1 Å². The van der Waals surface area contributed by atoms with E-state index >= 15 is 0 Å². The number of halogens is 1. The lowest BCUT2D eigenvalue weighted by Gasteiger charge is -2.13. The molecule has 0 unspecified atom stereocenters. The zero-order valence-corrected chi connectivity index (χ0v) is 9.37. The van der Waals surface area contributed by atoms with E-state index in [2.05, 4.69) is 10.6 Å². The number of amides is 2. The summed E-state index contributed by atoms with van der Waals surface area (Å²) in [7, 11) is 0. The number of anilines is 1. The number of carbonyl (C=O) groups is 1. The Balaban J connectivity index is 1.90. The molecule has 5 heteroatoms. The van der Waals surface area contributed by atoms with E-state index in [0.717, 1.165) is 31.7 Å². The van der Waals surface area contributed by atoms with Crippen molar-refractivity contribution in [1.82, 2.24) is 5.32 Å². The second kappa shape index (κ2) is 5.03. The average molecular weight is 238 g/mol. The van der Waals surface area contributed by atoms with Gasteiger partial charge >= 0.3 is 6.03 Å². The average Bonchev–Trinajstić information content (AvgIpc) is 2.76. The lowest BCUT2D eigenvalue weighted by atomic mass is 10.2. The zero-order valence-electron chi connectivity index (χ0n) is 9.37. The number of carbonyl (C=O) groups excluding carboxylic acids is 1. The Labute approximate surface area is 98.8 Å².